The molecule has 2 unspecified atom stereocenters. The molecule has 0 heterocycles. The third-order valence-corrected chi connectivity index (χ3v) is 4.24. The number of aliphatic hydroxyl groups excluding tert-OH is 1. The van der Waals surface area contributed by atoms with Crippen molar-refractivity contribution in [3.63, 3.8) is 0 Å². The van der Waals surface area contributed by atoms with Gasteiger partial charge in [0.25, 0.3) is 0 Å². The highest BCUT2D eigenvalue weighted by atomic mass is 79.9. The molecule has 0 radical (unpaired) electrons. The molecule has 2 aromatic carbocycles. The number of hydrogen-bond acceptors (Lipinski definition) is 2. The second kappa shape index (κ2) is 6.72. The first-order valence-corrected chi connectivity index (χ1v) is 7.59. The second-order valence-electron chi connectivity index (χ2n) is 4.84. The van der Waals surface area contributed by atoms with E-state index >= 15 is 0 Å². The van der Waals surface area contributed by atoms with Crippen molar-refractivity contribution in [2.75, 3.05) is 6.54 Å². The fourth-order valence-electron chi connectivity index (χ4n) is 2.30. The van der Waals surface area contributed by atoms with Crippen LogP contribution < -0.4 is 5.73 Å². The average Bonchev–Trinajstić information content (AvgIpc) is 2.44. The predicted molar refractivity (Wildman–Crippen MR) is 87.1 cm³/mol. The van der Waals surface area contributed by atoms with Gasteiger partial charge in [-0.2, -0.15) is 0 Å². The van der Waals surface area contributed by atoms with E-state index in [1.165, 1.54) is 0 Å². The van der Waals surface area contributed by atoms with Crippen molar-refractivity contribution in [3.05, 3.63) is 68.7 Å². The smallest absolute Gasteiger partial charge is 0.0873 e. The maximum Gasteiger partial charge on any atom is 0.0873 e. The van der Waals surface area contributed by atoms with Crippen molar-refractivity contribution in [1.29, 1.82) is 0 Å². The molecule has 2 aromatic rings. The van der Waals surface area contributed by atoms with E-state index in [9.17, 15) is 5.11 Å². The van der Waals surface area contributed by atoms with E-state index in [4.69, 9.17) is 17.3 Å². The summed E-state index contributed by atoms with van der Waals surface area (Å²) >= 11 is 9.34. The van der Waals surface area contributed by atoms with Crippen LogP contribution in [-0.4, -0.2) is 11.7 Å². The van der Waals surface area contributed by atoms with Crippen LogP contribution >= 0.6 is 27.5 Å². The van der Waals surface area contributed by atoms with Crippen molar-refractivity contribution >= 4 is 27.5 Å². The van der Waals surface area contributed by atoms with Gasteiger partial charge in [0.2, 0.25) is 0 Å². The highest BCUT2D eigenvalue weighted by Gasteiger charge is 2.23. The highest BCUT2D eigenvalue weighted by molar-refractivity contribution is 9.10. The van der Waals surface area contributed by atoms with E-state index in [0.29, 0.717) is 11.6 Å². The zero-order chi connectivity index (χ0) is 14.7. The molecule has 4 heteroatoms. The van der Waals surface area contributed by atoms with Gasteiger partial charge in [0.1, 0.15) is 0 Å². The molecule has 0 saturated carbocycles. The summed E-state index contributed by atoms with van der Waals surface area (Å²) in [6.07, 6.45) is -0.640. The second-order valence-corrected chi connectivity index (χ2v) is 6.19. The topological polar surface area (TPSA) is 46.2 Å². The standard InChI is InChI=1S/C16H17BrClNO/c1-10-2-5-12(17)8-14(10)16(20)15(9-19)11-3-6-13(18)7-4-11/h2-8,15-16,20H,9,19H2,1H3. The van der Waals surface area contributed by atoms with Crippen LogP contribution in [0.2, 0.25) is 5.02 Å². The fraction of sp³-hybridized carbons (Fsp3) is 0.250. The number of halogens is 2. The Morgan fingerprint density at radius 1 is 1.20 bits per heavy atom. The van der Waals surface area contributed by atoms with E-state index in [2.05, 4.69) is 15.9 Å². The van der Waals surface area contributed by atoms with E-state index in [0.717, 1.165) is 21.2 Å². The Labute approximate surface area is 132 Å². The van der Waals surface area contributed by atoms with Crippen LogP contribution in [0.15, 0.2) is 46.9 Å². The van der Waals surface area contributed by atoms with Crippen molar-refractivity contribution in [2.45, 2.75) is 18.9 Å². The SMILES string of the molecule is Cc1ccc(Br)cc1C(O)C(CN)c1ccc(Cl)cc1. The van der Waals surface area contributed by atoms with Gasteiger partial charge >= 0.3 is 0 Å². The average molecular weight is 355 g/mol. The maximum absolute atomic E-state index is 10.7. The lowest BCUT2D eigenvalue weighted by Crippen LogP contribution is -2.20. The van der Waals surface area contributed by atoms with Crippen molar-refractivity contribution in [3.8, 4) is 0 Å². The first-order chi connectivity index (χ1) is 9.52. The third-order valence-electron chi connectivity index (χ3n) is 3.49. The Balaban J connectivity index is 2.35. The zero-order valence-electron chi connectivity index (χ0n) is 11.2. The molecule has 0 saturated heterocycles. The molecular weight excluding hydrogens is 338 g/mol. The van der Waals surface area contributed by atoms with Gasteiger partial charge in [0.05, 0.1) is 6.10 Å². The first kappa shape index (κ1) is 15.5. The summed E-state index contributed by atoms with van der Waals surface area (Å²) in [5.74, 6) is -0.153. The molecule has 0 aliphatic heterocycles. The summed E-state index contributed by atoms with van der Waals surface area (Å²) in [6.45, 7) is 2.36. The zero-order valence-corrected chi connectivity index (χ0v) is 13.5. The highest BCUT2D eigenvalue weighted by Crippen LogP contribution is 2.33. The Morgan fingerprint density at radius 3 is 2.45 bits per heavy atom. The fourth-order valence-corrected chi connectivity index (χ4v) is 2.81. The van der Waals surface area contributed by atoms with E-state index in [-0.39, 0.29) is 5.92 Å². The molecule has 0 aromatic heterocycles. The van der Waals surface area contributed by atoms with Gasteiger partial charge < -0.3 is 10.8 Å². The quantitative estimate of drug-likeness (QED) is 0.865. The van der Waals surface area contributed by atoms with Crippen LogP contribution in [0, 0.1) is 6.92 Å². The maximum atomic E-state index is 10.7. The first-order valence-electron chi connectivity index (χ1n) is 6.42. The van der Waals surface area contributed by atoms with Gasteiger partial charge in [-0.3, -0.25) is 0 Å². The number of rotatable bonds is 4. The van der Waals surface area contributed by atoms with Gasteiger partial charge in [-0.1, -0.05) is 45.7 Å². The van der Waals surface area contributed by atoms with Crippen LogP contribution in [0.5, 0.6) is 0 Å². The minimum absolute atomic E-state index is 0.153. The van der Waals surface area contributed by atoms with Crippen molar-refractivity contribution in [2.24, 2.45) is 5.73 Å². The summed E-state index contributed by atoms with van der Waals surface area (Å²) in [4.78, 5) is 0. The van der Waals surface area contributed by atoms with Crippen LogP contribution in [-0.2, 0) is 0 Å². The minimum Gasteiger partial charge on any atom is -0.388 e. The minimum atomic E-state index is -0.640. The molecule has 0 aliphatic rings. The number of aliphatic hydroxyl groups is 1. The third kappa shape index (κ3) is 3.41. The summed E-state index contributed by atoms with van der Waals surface area (Å²) in [6, 6.07) is 13.4. The van der Waals surface area contributed by atoms with Gasteiger partial charge in [0.15, 0.2) is 0 Å². The van der Waals surface area contributed by atoms with Crippen LogP contribution in [0.1, 0.15) is 28.7 Å². The lowest BCUT2D eigenvalue weighted by Gasteiger charge is -2.24. The molecule has 0 amide bonds. The summed E-state index contributed by atoms with van der Waals surface area (Å²) in [7, 11) is 0. The van der Waals surface area contributed by atoms with Crippen LogP contribution in [0.25, 0.3) is 0 Å². The molecular formula is C16H17BrClNO. The van der Waals surface area contributed by atoms with Gasteiger partial charge in [-0.15, -0.1) is 0 Å². The van der Waals surface area contributed by atoms with E-state index < -0.39 is 6.10 Å². The lowest BCUT2D eigenvalue weighted by atomic mass is 9.87. The van der Waals surface area contributed by atoms with Crippen LogP contribution in [0.3, 0.4) is 0 Å². The van der Waals surface area contributed by atoms with Crippen molar-refractivity contribution < 1.29 is 5.11 Å². The largest absolute Gasteiger partial charge is 0.388 e. The van der Waals surface area contributed by atoms with Crippen molar-refractivity contribution in [1.82, 2.24) is 0 Å². The Bertz CT molecular complexity index is 586. The molecule has 2 rings (SSSR count). The van der Waals surface area contributed by atoms with Gasteiger partial charge in [-0.25, -0.2) is 0 Å². The molecule has 3 N–H and O–H groups in total. The molecule has 0 bridgehead atoms. The Hall–Kier alpha value is -0.870. The van der Waals surface area contributed by atoms with E-state index in [1.807, 2.05) is 49.4 Å². The van der Waals surface area contributed by atoms with Gasteiger partial charge in [0, 0.05) is 22.0 Å². The molecule has 0 fully saturated rings. The monoisotopic (exact) mass is 353 g/mol. The summed E-state index contributed by atoms with van der Waals surface area (Å²) in [5, 5.41) is 11.4. The molecule has 2 atom stereocenters. The normalized spacial score (nSPS) is 14.1. The molecule has 20 heavy (non-hydrogen) atoms. The molecule has 2 nitrogen and oxygen atoms in total. The predicted octanol–water partition coefficient (Wildman–Crippen LogP) is 4.19. The Kier molecular flexibility index (Phi) is 5.22. The number of aryl methyl sites for hydroxylation is 1. The lowest BCUT2D eigenvalue weighted by molar-refractivity contribution is 0.146. The molecule has 0 spiro atoms. The van der Waals surface area contributed by atoms with Gasteiger partial charge in [-0.05, 0) is 47.9 Å². The summed E-state index contributed by atoms with van der Waals surface area (Å²) < 4.78 is 0.948. The number of nitrogens with two attached hydrogens (primary N) is 1. The van der Waals surface area contributed by atoms with E-state index in [1.54, 1.807) is 0 Å². The molecule has 0 aliphatic carbocycles. The molecule has 106 valence electrons. The number of benzene rings is 2. The summed E-state index contributed by atoms with van der Waals surface area (Å²) in [5.41, 5.74) is 8.80. The van der Waals surface area contributed by atoms with Crippen LogP contribution in [0.4, 0.5) is 0 Å². The Morgan fingerprint density at radius 2 is 1.85 bits per heavy atom. The number of hydrogen-bond donors (Lipinski definition) is 2.